The lowest BCUT2D eigenvalue weighted by atomic mass is 10.0. The van der Waals surface area contributed by atoms with Gasteiger partial charge in [-0.1, -0.05) is 30.3 Å². The number of allylic oxidation sites excluding steroid dienone is 1. The van der Waals surface area contributed by atoms with E-state index in [1.807, 2.05) is 72.3 Å². The van der Waals surface area contributed by atoms with E-state index in [0.29, 0.717) is 11.3 Å². The number of hydrogen-bond acceptors (Lipinski definition) is 4. The van der Waals surface area contributed by atoms with Gasteiger partial charge in [0.2, 0.25) is 0 Å². The summed E-state index contributed by atoms with van der Waals surface area (Å²) in [6, 6.07) is 24.8. The maximum atomic E-state index is 12.8. The number of ketones is 1. The predicted molar refractivity (Wildman–Crippen MR) is 127 cm³/mol. The third kappa shape index (κ3) is 4.18. The van der Waals surface area contributed by atoms with Crippen molar-refractivity contribution in [2.45, 2.75) is 6.92 Å². The van der Waals surface area contributed by atoms with Gasteiger partial charge < -0.3 is 9.47 Å². The van der Waals surface area contributed by atoms with Crippen molar-refractivity contribution in [3.05, 3.63) is 102 Å². The molecule has 4 rings (SSSR count). The quantitative estimate of drug-likeness (QED) is 0.280. The fourth-order valence-corrected chi connectivity index (χ4v) is 3.60. The number of para-hydroxylation sites is 2. The Bertz CT molecular complexity index is 1260. The minimum Gasteiger partial charge on any atom is -0.497 e. The summed E-state index contributed by atoms with van der Waals surface area (Å²) in [6.45, 7) is 1.94. The largest absolute Gasteiger partial charge is 0.497 e. The summed E-state index contributed by atoms with van der Waals surface area (Å²) in [7, 11) is 3.25. The van der Waals surface area contributed by atoms with Crippen molar-refractivity contribution in [1.29, 1.82) is 0 Å². The summed E-state index contributed by atoms with van der Waals surface area (Å²) >= 11 is 0. The first kappa shape index (κ1) is 21.1. The van der Waals surface area contributed by atoms with Crippen molar-refractivity contribution in [2.24, 2.45) is 0 Å². The van der Waals surface area contributed by atoms with Gasteiger partial charge in [0.15, 0.2) is 5.78 Å². The van der Waals surface area contributed by atoms with Crippen LogP contribution in [0.15, 0.2) is 84.9 Å². The number of benzene rings is 3. The van der Waals surface area contributed by atoms with Crippen LogP contribution < -0.4 is 9.47 Å². The summed E-state index contributed by atoms with van der Waals surface area (Å²) in [5.41, 5.74) is 4.96. The monoisotopic (exact) mass is 424 g/mol. The molecule has 5 heteroatoms. The molecular weight excluding hydrogens is 400 g/mol. The molecule has 0 saturated heterocycles. The van der Waals surface area contributed by atoms with E-state index < -0.39 is 0 Å². The van der Waals surface area contributed by atoms with E-state index >= 15 is 0 Å². The van der Waals surface area contributed by atoms with Crippen molar-refractivity contribution < 1.29 is 14.3 Å². The number of ether oxygens (including phenoxy) is 2. The van der Waals surface area contributed by atoms with Gasteiger partial charge in [0.25, 0.3) is 0 Å². The third-order valence-corrected chi connectivity index (χ3v) is 5.25. The number of aryl methyl sites for hydroxylation is 1. The van der Waals surface area contributed by atoms with Gasteiger partial charge in [-0.05, 0) is 67.6 Å². The van der Waals surface area contributed by atoms with Gasteiger partial charge >= 0.3 is 0 Å². The second-order valence-corrected chi connectivity index (χ2v) is 7.22. The van der Waals surface area contributed by atoms with E-state index in [1.165, 1.54) is 0 Å². The normalized spacial score (nSPS) is 11.0. The van der Waals surface area contributed by atoms with Crippen LogP contribution in [0.3, 0.4) is 0 Å². The van der Waals surface area contributed by atoms with Gasteiger partial charge in [0.05, 0.1) is 31.3 Å². The SMILES string of the molecule is COc1ccc(C(=O)/C=C/c2c(C)nn(-c3ccccc3)c2-c2ccccc2OC)cc1. The molecule has 0 aliphatic carbocycles. The molecule has 160 valence electrons. The number of aromatic nitrogens is 2. The molecule has 0 aliphatic heterocycles. The van der Waals surface area contributed by atoms with Crippen LogP contribution >= 0.6 is 0 Å². The van der Waals surface area contributed by atoms with Gasteiger partial charge in [-0.25, -0.2) is 4.68 Å². The Labute approximate surface area is 187 Å². The van der Waals surface area contributed by atoms with Crippen molar-refractivity contribution in [2.75, 3.05) is 14.2 Å². The molecule has 1 aromatic heterocycles. The van der Waals surface area contributed by atoms with Gasteiger partial charge in [0.1, 0.15) is 11.5 Å². The molecule has 0 aliphatic rings. The molecule has 0 saturated carbocycles. The van der Waals surface area contributed by atoms with Crippen LogP contribution in [0, 0.1) is 6.92 Å². The van der Waals surface area contributed by atoms with E-state index in [4.69, 9.17) is 14.6 Å². The lowest BCUT2D eigenvalue weighted by Crippen LogP contribution is -2.00. The second-order valence-electron chi connectivity index (χ2n) is 7.22. The van der Waals surface area contributed by atoms with E-state index in [-0.39, 0.29) is 5.78 Å². The Balaban J connectivity index is 1.82. The van der Waals surface area contributed by atoms with Gasteiger partial charge in [-0.15, -0.1) is 0 Å². The van der Waals surface area contributed by atoms with Crippen LogP contribution in [-0.4, -0.2) is 29.8 Å². The third-order valence-electron chi connectivity index (χ3n) is 5.25. The molecule has 4 aromatic rings. The molecule has 32 heavy (non-hydrogen) atoms. The van der Waals surface area contributed by atoms with E-state index in [2.05, 4.69) is 0 Å². The molecule has 0 atom stereocenters. The van der Waals surface area contributed by atoms with Crippen molar-refractivity contribution in [3.8, 4) is 28.4 Å². The van der Waals surface area contributed by atoms with Crippen LogP contribution in [0.1, 0.15) is 21.6 Å². The Morgan fingerprint density at radius 1 is 0.875 bits per heavy atom. The van der Waals surface area contributed by atoms with Gasteiger partial charge in [0, 0.05) is 16.7 Å². The Kier molecular flexibility index (Phi) is 6.17. The van der Waals surface area contributed by atoms with E-state index in [0.717, 1.165) is 34.0 Å². The lowest BCUT2D eigenvalue weighted by Gasteiger charge is -2.12. The molecule has 0 amide bonds. The summed E-state index contributed by atoms with van der Waals surface area (Å²) < 4.78 is 12.7. The minimum absolute atomic E-state index is 0.0921. The molecule has 5 nitrogen and oxygen atoms in total. The topological polar surface area (TPSA) is 53.3 Å². The molecule has 1 heterocycles. The number of rotatable bonds is 7. The van der Waals surface area contributed by atoms with Gasteiger partial charge in [-0.2, -0.15) is 5.10 Å². The van der Waals surface area contributed by atoms with Crippen LogP contribution in [0.2, 0.25) is 0 Å². The fourth-order valence-electron chi connectivity index (χ4n) is 3.60. The second kappa shape index (κ2) is 9.35. The molecule has 0 fully saturated rings. The number of methoxy groups -OCH3 is 2. The first-order valence-corrected chi connectivity index (χ1v) is 10.3. The zero-order valence-electron chi connectivity index (χ0n) is 18.3. The number of hydrogen-bond donors (Lipinski definition) is 0. The zero-order chi connectivity index (χ0) is 22.5. The smallest absolute Gasteiger partial charge is 0.185 e. The first-order chi connectivity index (χ1) is 15.6. The average molecular weight is 425 g/mol. The average Bonchev–Trinajstić information content (AvgIpc) is 3.18. The Morgan fingerprint density at radius 2 is 1.56 bits per heavy atom. The van der Waals surface area contributed by atoms with Crippen LogP contribution in [0.5, 0.6) is 11.5 Å². The highest BCUT2D eigenvalue weighted by Crippen LogP contribution is 2.36. The molecule has 0 N–H and O–H groups in total. The highest BCUT2D eigenvalue weighted by Gasteiger charge is 2.19. The van der Waals surface area contributed by atoms with Crippen LogP contribution in [0.25, 0.3) is 23.0 Å². The van der Waals surface area contributed by atoms with Gasteiger partial charge in [-0.3, -0.25) is 4.79 Å². The first-order valence-electron chi connectivity index (χ1n) is 10.3. The van der Waals surface area contributed by atoms with E-state index in [9.17, 15) is 4.79 Å². The summed E-state index contributed by atoms with van der Waals surface area (Å²) in [5, 5.41) is 4.79. The standard InChI is InChI=1S/C27H24N2O3/c1-19-23(17-18-25(30)20-13-15-22(31-2)16-14-20)27(24-11-7-8-12-26(24)32-3)29(28-19)21-9-5-4-6-10-21/h4-18H,1-3H3/b18-17+. The van der Waals surface area contributed by atoms with Crippen molar-refractivity contribution >= 4 is 11.9 Å². The number of carbonyl (C=O) groups is 1. The highest BCUT2D eigenvalue weighted by molar-refractivity contribution is 6.07. The van der Waals surface area contributed by atoms with E-state index in [1.54, 1.807) is 44.6 Å². The summed E-state index contributed by atoms with van der Waals surface area (Å²) in [4.78, 5) is 12.8. The number of carbonyl (C=O) groups excluding carboxylic acids is 1. The fraction of sp³-hybridized carbons (Fsp3) is 0.111. The Hall–Kier alpha value is -4.12. The summed E-state index contributed by atoms with van der Waals surface area (Å²) in [6.07, 6.45) is 3.41. The van der Waals surface area contributed by atoms with Crippen molar-refractivity contribution in [3.63, 3.8) is 0 Å². The predicted octanol–water partition coefficient (Wildman–Crippen LogP) is 5.76. The van der Waals surface area contributed by atoms with Crippen LogP contribution in [-0.2, 0) is 0 Å². The molecular formula is C27H24N2O3. The molecule has 0 bridgehead atoms. The number of nitrogens with zero attached hydrogens (tertiary/aromatic N) is 2. The molecule has 3 aromatic carbocycles. The van der Waals surface area contributed by atoms with Crippen molar-refractivity contribution in [1.82, 2.24) is 9.78 Å². The van der Waals surface area contributed by atoms with Crippen LogP contribution in [0.4, 0.5) is 0 Å². The Morgan fingerprint density at radius 3 is 2.25 bits per heavy atom. The molecule has 0 radical (unpaired) electrons. The zero-order valence-corrected chi connectivity index (χ0v) is 18.3. The molecule has 0 spiro atoms. The highest BCUT2D eigenvalue weighted by atomic mass is 16.5. The maximum absolute atomic E-state index is 12.8. The summed E-state index contributed by atoms with van der Waals surface area (Å²) in [5.74, 6) is 1.36. The minimum atomic E-state index is -0.0921. The molecule has 0 unspecified atom stereocenters. The maximum Gasteiger partial charge on any atom is 0.185 e. The lowest BCUT2D eigenvalue weighted by molar-refractivity contribution is 0.104.